The summed E-state index contributed by atoms with van der Waals surface area (Å²) in [7, 11) is 1.58. The second-order valence-electron chi connectivity index (χ2n) is 7.80. The number of fused-ring (bicyclic) bond motifs is 1. The van der Waals surface area contributed by atoms with Crippen LogP contribution in [0.4, 0.5) is 0 Å². The van der Waals surface area contributed by atoms with Crippen LogP contribution in [0.2, 0.25) is 5.02 Å². The van der Waals surface area contributed by atoms with Gasteiger partial charge in [0.2, 0.25) is 0 Å². The van der Waals surface area contributed by atoms with Gasteiger partial charge in [0.05, 0.1) is 31.2 Å². The molecule has 0 bridgehead atoms. The number of ether oxygens (including phenoxy) is 2. The van der Waals surface area contributed by atoms with Gasteiger partial charge in [-0.15, -0.1) is 0 Å². The van der Waals surface area contributed by atoms with Crippen molar-refractivity contribution in [2.75, 3.05) is 13.7 Å². The summed E-state index contributed by atoms with van der Waals surface area (Å²) in [6, 6.07) is 18.9. The standard InChI is InChI=1S/C26H26ClN3O3/c1-17-13-21(14-18(2)25(17)27)33-12-11-30-23-10-5-4-9-22(23)29-24(30)16-28-26(31)19-7-6-8-20(15-19)32-3/h4-10,13-15H,11-12,16H2,1-3H3,(H,28,31). The number of nitrogens with zero attached hydrogens (tertiary/aromatic N) is 2. The van der Waals surface area contributed by atoms with E-state index in [-0.39, 0.29) is 5.91 Å². The van der Waals surface area contributed by atoms with Gasteiger partial charge in [-0.2, -0.15) is 0 Å². The van der Waals surface area contributed by atoms with E-state index in [0.29, 0.717) is 31.0 Å². The number of amides is 1. The Labute approximate surface area is 198 Å². The number of hydrogen-bond acceptors (Lipinski definition) is 4. The highest BCUT2D eigenvalue weighted by atomic mass is 35.5. The van der Waals surface area contributed by atoms with E-state index in [1.165, 1.54) is 0 Å². The molecule has 0 fully saturated rings. The summed E-state index contributed by atoms with van der Waals surface area (Å²) < 4.78 is 13.3. The molecular weight excluding hydrogens is 438 g/mol. The minimum atomic E-state index is -0.184. The van der Waals surface area contributed by atoms with Gasteiger partial charge in [-0.05, 0) is 67.4 Å². The van der Waals surface area contributed by atoms with E-state index in [1.807, 2.05) is 50.2 Å². The smallest absolute Gasteiger partial charge is 0.251 e. The number of imidazole rings is 1. The molecule has 0 atom stereocenters. The third-order valence-corrected chi connectivity index (χ3v) is 6.06. The molecule has 7 heteroatoms. The van der Waals surface area contributed by atoms with E-state index >= 15 is 0 Å². The second kappa shape index (κ2) is 9.96. The lowest BCUT2D eigenvalue weighted by molar-refractivity contribution is 0.0949. The van der Waals surface area contributed by atoms with Crippen molar-refractivity contribution in [1.82, 2.24) is 14.9 Å². The number of methoxy groups -OCH3 is 1. The minimum Gasteiger partial charge on any atom is -0.497 e. The fourth-order valence-electron chi connectivity index (χ4n) is 3.78. The lowest BCUT2D eigenvalue weighted by Gasteiger charge is -2.13. The molecule has 0 saturated heterocycles. The highest BCUT2D eigenvalue weighted by molar-refractivity contribution is 6.32. The van der Waals surface area contributed by atoms with Crippen molar-refractivity contribution >= 4 is 28.5 Å². The predicted molar refractivity (Wildman–Crippen MR) is 130 cm³/mol. The Morgan fingerprint density at radius 2 is 1.79 bits per heavy atom. The average Bonchev–Trinajstić information content (AvgIpc) is 3.18. The van der Waals surface area contributed by atoms with Crippen LogP contribution in [0.25, 0.3) is 11.0 Å². The summed E-state index contributed by atoms with van der Waals surface area (Å²) in [5.41, 5.74) is 4.38. The molecule has 0 saturated carbocycles. The van der Waals surface area contributed by atoms with Crippen molar-refractivity contribution in [3.63, 3.8) is 0 Å². The fraction of sp³-hybridized carbons (Fsp3) is 0.231. The number of aryl methyl sites for hydroxylation is 2. The second-order valence-corrected chi connectivity index (χ2v) is 8.18. The monoisotopic (exact) mass is 463 g/mol. The van der Waals surface area contributed by atoms with Crippen molar-refractivity contribution < 1.29 is 14.3 Å². The quantitative estimate of drug-likeness (QED) is 0.384. The number of aromatic nitrogens is 2. The molecular formula is C26H26ClN3O3. The molecule has 170 valence electrons. The Hall–Kier alpha value is -3.51. The molecule has 1 aromatic heterocycles. The summed E-state index contributed by atoms with van der Waals surface area (Å²) in [5, 5.41) is 3.73. The van der Waals surface area contributed by atoms with Crippen LogP contribution in [0, 0.1) is 13.8 Å². The summed E-state index contributed by atoms with van der Waals surface area (Å²) in [6.07, 6.45) is 0. The highest BCUT2D eigenvalue weighted by Crippen LogP contribution is 2.26. The molecule has 0 aliphatic heterocycles. The number of para-hydroxylation sites is 2. The lowest BCUT2D eigenvalue weighted by Crippen LogP contribution is -2.25. The number of hydrogen-bond donors (Lipinski definition) is 1. The Balaban J connectivity index is 1.49. The third kappa shape index (κ3) is 5.12. The molecule has 4 rings (SSSR count). The maximum absolute atomic E-state index is 12.7. The molecule has 0 unspecified atom stereocenters. The fourth-order valence-corrected chi connectivity index (χ4v) is 3.89. The first kappa shape index (κ1) is 22.7. The van der Waals surface area contributed by atoms with Crippen molar-refractivity contribution in [3.8, 4) is 11.5 Å². The number of benzene rings is 3. The minimum absolute atomic E-state index is 0.184. The number of carbonyl (C=O) groups is 1. The summed E-state index contributed by atoms with van der Waals surface area (Å²) in [6.45, 7) is 5.27. The third-order valence-electron chi connectivity index (χ3n) is 5.47. The van der Waals surface area contributed by atoms with Gasteiger partial charge in [-0.3, -0.25) is 4.79 Å². The van der Waals surface area contributed by atoms with Crippen LogP contribution in [-0.2, 0) is 13.1 Å². The number of carbonyl (C=O) groups excluding carboxylic acids is 1. The number of nitrogens with one attached hydrogen (secondary N) is 1. The molecule has 4 aromatic rings. The molecule has 3 aromatic carbocycles. The van der Waals surface area contributed by atoms with Crippen LogP contribution in [0.15, 0.2) is 60.7 Å². The van der Waals surface area contributed by atoms with Gasteiger partial charge in [0.1, 0.15) is 23.9 Å². The summed E-state index contributed by atoms with van der Waals surface area (Å²) in [5.74, 6) is 2.00. The lowest BCUT2D eigenvalue weighted by atomic mass is 10.1. The van der Waals surface area contributed by atoms with Crippen molar-refractivity contribution in [1.29, 1.82) is 0 Å². The van der Waals surface area contributed by atoms with E-state index in [1.54, 1.807) is 31.4 Å². The van der Waals surface area contributed by atoms with E-state index in [2.05, 4.69) is 9.88 Å². The first-order chi connectivity index (χ1) is 16.0. The largest absolute Gasteiger partial charge is 0.497 e. The van der Waals surface area contributed by atoms with Crippen LogP contribution in [0.3, 0.4) is 0 Å². The van der Waals surface area contributed by atoms with Gasteiger partial charge < -0.3 is 19.4 Å². The molecule has 6 nitrogen and oxygen atoms in total. The Kier molecular flexibility index (Phi) is 6.84. The molecule has 1 heterocycles. The van der Waals surface area contributed by atoms with Crippen molar-refractivity contribution in [3.05, 3.63) is 88.2 Å². The number of halogens is 1. The first-order valence-corrected chi connectivity index (χ1v) is 11.1. The topological polar surface area (TPSA) is 65.4 Å². The zero-order valence-corrected chi connectivity index (χ0v) is 19.6. The van der Waals surface area contributed by atoms with Gasteiger partial charge in [-0.25, -0.2) is 4.98 Å². The van der Waals surface area contributed by atoms with Gasteiger partial charge in [-0.1, -0.05) is 29.8 Å². The molecule has 0 aliphatic carbocycles. The van der Waals surface area contributed by atoms with Crippen molar-refractivity contribution in [2.24, 2.45) is 0 Å². The van der Waals surface area contributed by atoms with Crippen molar-refractivity contribution in [2.45, 2.75) is 26.9 Å². The molecule has 1 N–H and O–H groups in total. The Bertz CT molecular complexity index is 1280. The Morgan fingerprint density at radius 3 is 2.55 bits per heavy atom. The number of rotatable bonds is 8. The molecule has 33 heavy (non-hydrogen) atoms. The predicted octanol–water partition coefficient (Wildman–Crippen LogP) is 5.32. The Morgan fingerprint density at radius 1 is 1.03 bits per heavy atom. The normalized spacial score (nSPS) is 10.9. The zero-order chi connectivity index (χ0) is 23.4. The van der Waals surface area contributed by atoms with Gasteiger partial charge in [0.15, 0.2) is 0 Å². The van der Waals surface area contributed by atoms with Gasteiger partial charge in [0, 0.05) is 10.6 Å². The van der Waals surface area contributed by atoms with Gasteiger partial charge >= 0.3 is 0 Å². The maximum Gasteiger partial charge on any atom is 0.251 e. The maximum atomic E-state index is 12.7. The molecule has 0 radical (unpaired) electrons. The molecule has 0 spiro atoms. The average molecular weight is 464 g/mol. The van der Waals surface area contributed by atoms with Crippen LogP contribution in [-0.4, -0.2) is 29.2 Å². The van der Waals surface area contributed by atoms with E-state index in [0.717, 1.165) is 38.8 Å². The molecule has 1 amide bonds. The van der Waals surface area contributed by atoms with Crippen LogP contribution < -0.4 is 14.8 Å². The zero-order valence-electron chi connectivity index (χ0n) is 18.9. The SMILES string of the molecule is COc1cccc(C(=O)NCc2nc3ccccc3n2CCOc2cc(C)c(Cl)c(C)c2)c1. The van der Waals surface area contributed by atoms with E-state index in [4.69, 9.17) is 26.1 Å². The molecule has 0 aliphatic rings. The van der Waals surface area contributed by atoms with Crippen LogP contribution in [0.5, 0.6) is 11.5 Å². The van der Waals surface area contributed by atoms with Gasteiger partial charge in [0.25, 0.3) is 5.91 Å². The van der Waals surface area contributed by atoms with Crippen LogP contribution >= 0.6 is 11.6 Å². The summed E-state index contributed by atoms with van der Waals surface area (Å²) in [4.78, 5) is 17.4. The van der Waals surface area contributed by atoms with E-state index in [9.17, 15) is 4.79 Å². The van der Waals surface area contributed by atoms with Crippen LogP contribution in [0.1, 0.15) is 27.3 Å². The highest BCUT2D eigenvalue weighted by Gasteiger charge is 2.13. The van der Waals surface area contributed by atoms with E-state index < -0.39 is 0 Å². The summed E-state index contributed by atoms with van der Waals surface area (Å²) >= 11 is 6.26. The first-order valence-electron chi connectivity index (χ1n) is 10.7.